The van der Waals surface area contributed by atoms with Gasteiger partial charge in [0.05, 0.1) is 11.8 Å². The van der Waals surface area contributed by atoms with E-state index in [-0.39, 0.29) is 12.0 Å². The molecule has 7 heteroatoms. The van der Waals surface area contributed by atoms with Crippen LogP contribution in [0.15, 0.2) is 30.6 Å². The van der Waals surface area contributed by atoms with Crippen molar-refractivity contribution in [1.82, 2.24) is 9.78 Å². The van der Waals surface area contributed by atoms with E-state index in [1.165, 1.54) is 0 Å². The van der Waals surface area contributed by atoms with Crippen molar-refractivity contribution in [3.63, 3.8) is 0 Å². The molecular weight excluding hydrogens is 274 g/mol. The zero-order valence-corrected chi connectivity index (χ0v) is 10.7. The molecule has 0 saturated carbocycles. The Hall–Kier alpha value is -1.89. The summed E-state index contributed by atoms with van der Waals surface area (Å²) >= 11 is 0. The summed E-state index contributed by atoms with van der Waals surface area (Å²) in [6, 6.07) is 1.40. The number of aromatic nitrogens is 2. The minimum atomic E-state index is -4.52. The quantitative estimate of drug-likeness (QED) is 0.882. The van der Waals surface area contributed by atoms with E-state index >= 15 is 0 Å². The standard InChI is InChI=1S/C13H13F4N3/c1-20-7-8(6-19-20)4-12(18)10-5-9(13(15,16)17)2-3-11(10)14/h2-3,5-7,12H,4,18H2,1H3. The Morgan fingerprint density at radius 2 is 2.05 bits per heavy atom. The number of hydrogen-bond acceptors (Lipinski definition) is 2. The first-order chi connectivity index (χ1) is 9.27. The molecule has 0 aliphatic rings. The number of rotatable bonds is 3. The highest BCUT2D eigenvalue weighted by molar-refractivity contribution is 5.30. The number of benzene rings is 1. The van der Waals surface area contributed by atoms with Crippen LogP contribution in [0.1, 0.15) is 22.7 Å². The summed E-state index contributed by atoms with van der Waals surface area (Å²) in [5, 5.41) is 3.93. The predicted molar refractivity (Wildman–Crippen MR) is 65.2 cm³/mol. The fraction of sp³-hybridized carbons (Fsp3) is 0.308. The highest BCUT2D eigenvalue weighted by atomic mass is 19.4. The average Bonchev–Trinajstić information content (AvgIpc) is 2.73. The van der Waals surface area contributed by atoms with Crippen LogP contribution in [0, 0.1) is 5.82 Å². The number of halogens is 4. The topological polar surface area (TPSA) is 43.8 Å². The molecule has 20 heavy (non-hydrogen) atoms. The summed E-state index contributed by atoms with van der Waals surface area (Å²) in [5.74, 6) is -0.741. The van der Waals surface area contributed by atoms with Crippen molar-refractivity contribution in [2.75, 3.05) is 0 Å². The Kier molecular flexibility index (Phi) is 3.80. The van der Waals surface area contributed by atoms with Crippen LogP contribution in [0.25, 0.3) is 0 Å². The van der Waals surface area contributed by atoms with Crippen molar-refractivity contribution in [1.29, 1.82) is 0 Å². The molecule has 2 aromatic rings. The van der Waals surface area contributed by atoms with Crippen molar-refractivity contribution in [3.8, 4) is 0 Å². The highest BCUT2D eigenvalue weighted by Crippen LogP contribution is 2.32. The van der Waals surface area contributed by atoms with Gasteiger partial charge in [-0.1, -0.05) is 0 Å². The smallest absolute Gasteiger partial charge is 0.324 e. The summed E-state index contributed by atoms with van der Waals surface area (Å²) in [6.45, 7) is 0. The second-order valence-corrected chi connectivity index (χ2v) is 4.57. The van der Waals surface area contributed by atoms with E-state index in [4.69, 9.17) is 5.73 Å². The first kappa shape index (κ1) is 14.5. The number of nitrogens with zero attached hydrogens (tertiary/aromatic N) is 2. The summed E-state index contributed by atoms with van der Waals surface area (Å²) in [5.41, 5.74) is 5.48. The normalized spacial score (nSPS) is 13.5. The van der Waals surface area contributed by atoms with Gasteiger partial charge < -0.3 is 5.73 Å². The van der Waals surface area contributed by atoms with Gasteiger partial charge >= 0.3 is 6.18 Å². The molecule has 0 fully saturated rings. The third-order valence-corrected chi connectivity index (χ3v) is 2.94. The molecule has 0 aliphatic carbocycles. The maximum Gasteiger partial charge on any atom is 0.416 e. The molecular formula is C13H13F4N3. The minimum absolute atomic E-state index is 0.149. The van der Waals surface area contributed by atoms with Crippen LogP contribution in [0.3, 0.4) is 0 Å². The van der Waals surface area contributed by atoms with Gasteiger partial charge in [-0.2, -0.15) is 18.3 Å². The van der Waals surface area contributed by atoms with Gasteiger partial charge in [-0.25, -0.2) is 4.39 Å². The number of hydrogen-bond donors (Lipinski definition) is 1. The van der Waals surface area contributed by atoms with Crippen LogP contribution < -0.4 is 5.73 Å². The molecule has 1 heterocycles. The van der Waals surface area contributed by atoms with Crippen molar-refractivity contribution >= 4 is 0 Å². The van der Waals surface area contributed by atoms with Crippen molar-refractivity contribution in [2.24, 2.45) is 12.8 Å². The first-order valence-corrected chi connectivity index (χ1v) is 5.87. The van der Waals surface area contributed by atoms with Gasteiger partial charge in [-0.3, -0.25) is 4.68 Å². The van der Waals surface area contributed by atoms with Crippen molar-refractivity contribution in [2.45, 2.75) is 18.6 Å². The SMILES string of the molecule is Cn1cc(CC(N)c2cc(C(F)(F)F)ccc2F)cn1. The lowest BCUT2D eigenvalue weighted by atomic mass is 9.99. The fourth-order valence-corrected chi connectivity index (χ4v) is 1.95. The van der Waals surface area contributed by atoms with E-state index in [0.717, 1.165) is 17.7 Å². The molecule has 0 amide bonds. The number of alkyl halides is 3. The molecule has 0 radical (unpaired) electrons. The number of nitrogens with two attached hydrogens (primary N) is 1. The Balaban J connectivity index is 2.27. The third kappa shape index (κ3) is 3.16. The van der Waals surface area contributed by atoms with Crippen LogP contribution in [-0.4, -0.2) is 9.78 Å². The highest BCUT2D eigenvalue weighted by Gasteiger charge is 2.31. The number of aryl methyl sites for hydroxylation is 1. The van der Waals surface area contributed by atoms with Gasteiger partial charge in [0.2, 0.25) is 0 Å². The lowest BCUT2D eigenvalue weighted by Crippen LogP contribution is -2.16. The molecule has 1 aromatic carbocycles. The van der Waals surface area contributed by atoms with Crippen LogP contribution in [-0.2, 0) is 19.6 Å². The Morgan fingerprint density at radius 3 is 2.60 bits per heavy atom. The molecule has 0 bridgehead atoms. The molecule has 2 N–H and O–H groups in total. The molecule has 1 unspecified atom stereocenters. The molecule has 0 saturated heterocycles. The Morgan fingerprint density at radius 1 is 1.35 bits per heavy atom. The molecule has 1 aromatic heterocycles. The van der Waals surface area contributed by atoms with Crippen molar-refractivity contribution in [3.05, 3.63) is 53.1 Å². The molecule has 2 rings (SSSR count). The van der Waals surface area contributed by atoms with Gasteiger partial charge in [0.25, 0.3) is 0 Å². The average molecular weight is 287 g/mol. The predicted octanol–water partition coefficient (Wildman–Crippen LogP) is 2.82. The van der Waals surface area contributed by atoms with Gasteiger partial charge in [0, 0.05) is 24.8 Å². The second kappa shape index (κ2) is 5.24. The van der Waals surface area contributed by atoms with E-state index < -0.39 is 23.6 Å². The summed E-state index contributed by atoms with van der Waals surface area (Å²) in [4.78, 5) is 0. The maximum atomic E-state index is 13.6. The van der Waals surface area contributed by atoms with Crippen LogP contribution in [0.5, 0.6) is 0 Å². The zero-order chi connectivity index (χ0) is 14.9. The monoisotopic (exact) mass is 287 g/mol. The summed E-state index contributed by atoms with van der Waals surface area (Å²) in [6.07, 6.45) is -1.07. The lowest BCUT2D eigenvalue weighted by molar-refractivity contribution is -0.137. The van der Waals surface area contributed by atoms with E-state index in [0.29, 0.717) is 6.07 Å². The van der Waals surface area contributed by atoms with Gasteiger partial charge in [0.15, 0.2) is 0 Å². The fourth-order valence-electron chi connectivity index (χ4n) is 1.95. The third-order valence-electron chi connectivity index (χ3n) is 2.94. The Bertz CT molecular complexity index is 604. The zero-order valence-electron chi connectivity index (χ0n) is 10.7. The summed E-state index contributed by atoms with van der Waals surface area (Å²) < 4.78 is 53.0. The largest absolute Gasteiger partial charge is 0.416 e. The van der Waals surface area contributed by atoms with Crippen LogP contribution in [0.2, 0.25) is 0 Å². The van der Waals surface area contributed by atoms with E-state index in [1.54, 1.807) is 24.1 Å². The molecule has 0 spiro atoms. The maximum absolute atomic E-state index is 13.6. The van der Waals surface area contributed by atoms with Crippen LogP contribution >= 0.6 is 0 Å². The molecule has 1 atom stereocenters. The van der Waals surface area contributed by atoms with Crippen molar-refractivity contribution < 1.29 is 17.6 Å². The molecule has 3 nitrogen and oxygen atoms in total. The van der Waals surface area contributed by atoms with Gasteiger partial charge in [0.1, 0.15) is 5.82 Å². The second-order valence-electron chi connectivity index (χ2n) is 4.57. The van der Waals surface area contributed by atoms with Crippen LogP contribution in [0.4, 0.5) is 17.6 Å². The minimum Gasteiger partial charge on any atom is -0.324 e. The van der Waals surface area contributed by atoms with E-state index in [1.807, 2.05) is 0 Å². The lowest BCUT2D eigenvalue weighted by Gasteiger charge is -2.15. The van der Waals surface area contributed by atoms with E-state index in [9.17, 15) is 17.6 Å². The molecule has 108 valence electrons. The molecule has 0 aliphatic heterocycles. The van der Waals surface area contributed by atoms with E-state index in [2.05, 4.69) is 5.10 Å². The van der Waals surface area contributed by atoms with Gasteiger partial charge in [-0.15, -0.1) is 0 Å². The Labute approximate surface area is 113 Å². The first-order valence-electron chi connectivity index (χ1n) is 5.87. The summed E-state index contributed by atoms with van der Waals surface area (Å²) in [7, 11) is 1.71. The van der Waals surface area contributed by atoms with Gasteiger partial charge in [-0.05, 0) is 30.2 Å².